The van der Waals surface area contributed by atoms with Crippen LogP contribution in [0.2, 0.25) is 0 Å². The van der Waals surface area contributed by atoms with E-state index < -0.39 is 0 Å². The molecule has 0 spiro atoms. The van der Waals surface area contributed by atoms with Crippen molar-refractivity contribution in [2.45, 2.75) is 25.4 Å². The van der Waals surface area contributed by atoms with Crippen LogP contribution in [0.15, 0.2) is 5.38 Å². The van der Waals surface area contributed by atoms with Gasteiger partial charge in [0.1, 0.15) is 10.7 Å². The van der Waals surface area contributed by atoms with Crippen LogP contribution in [-0.4, -0.2) is 30.1 Å². The minimum Gasteiger partial charge on any atom is -0.379 e. The minimum atomic E-state index is -0.133. The lowest BCUT2D eigenvalue weighted by Gasteiger charge is -2.22. The summed E-state index contributed by atoms with van der Waals surface area (Å²) in [5.41, 5.74) is 5.90. The average Bonchev–Trinajstić information content (AvgIpc) is 2.79. The zero-order valence-corrected chi connectivity index (χ0v) is 11.0. The average molecular weight is 278 g/mol. The largest absolute Gasteiger partial charge is 0.379 e. The van der Waals surface area contributed by atoms with Gasteiger partial charge in [0.05, 0.1) is 12.6 Å². The fourth-order valence-corrected chi connectivity index (χ4v) is 2.28. The van der Waals surface area contributed by atoms with Crippen molar-refractivity contribution >= 4 is 29.7 Å². The first kappa shape index (κ1) is 14.4. The van der Waals surface area contributed by atoms with E-state index in [-0.39, 0.29) is 24.4 Å². The number of thiazole rings is 1. The van der Waals surface area contributed by atoms with E-state index in [2.05, 4.69) is 10.3 Å². The van der Waals surface area contributed by atoms with Gasteiger partial charge < -0.3 is 15.8 Å². The third-order valence-electron chi connectivity index (χ3n) is 2.45. The molecule has 1 aromatic rings. The Hall–Kier alpha value is -0.690. The number of nitrogens with one attached hydrogen (secondary N) is 1. The molecule has 1 aliphatic rings. The monoisotopic (exact) mass is 277 g/mol. The van der Waals surface area contributed by atoms with E-state index in [1.54, 1.807) is 5.38 Å². The summed E-state index contributed by atoms with van der Waals surface area (Å²) in [5.74, 6) is -0.133. The molecule has 0 radical (unpaired) electrons. The van der Waals surface area contributed by atoms with Crippen molar-refractivity contribution in [2.75, 3.05) is 13.2 Å². The molecule has 3 N–H and O–H groups in total. The maximum atomic E-state index is 11.8. The molecule has 0 bridgehead atoms. The second-order valence-electron chi connectivity index (χ2n) is 3.72. The molecule has 96 valence electrons. The highest BCUT2D eigenvalue weighted by molar-refractivity contribution is 7.09. The molecule has 5 nitrogen and oxygen atoms in total. The van der Waals surface area contributed by atoms with Crippen LogP contribution >= 0.6 is 23.7 Å². The van der Waals surface area contributed by atoms with Gasteiger partial charge in [-0.05, 0) is 12.8 Å². The predicted molar refractivity (Wildman–Crippen MR) is 68.6 cm³/mol. The number of nitrogens with two attached hydrogens (primary N) is 1. The number of hydrogen-bond donors (Lipinski definition) is 2. The van der Waals surface area contributed by atoms with Crippen LogP contribution in [0.4, 0.5) is 0 Å². The SMILES string of the molecule is Cl.NCc1nc(C(=O)NC2CCCOC2)cs1. The number of ether oxygens (including phenoxy) is 1. The smallest absolute Gasteiger partial charge is 0.271 e. The molecule has 2 rings (SSSR count). The lowest BCUT2D eigenvalue weighted by Crippen LogP contribution is -2.40. The van der Waals surface area contributed by atoms with Gasteiger partial charge in [0.2, 0.25) is 0 Å². The summed E-state index contributed by atoms with van der Waals surface area (Å²) >= 11 is 1.41. The molecule has 1 fully saturated rings. The molecule has 17 heavy (non-hydrogen) atoms. The highest BCUT2D eigenvalue weighted by atomic mass is 35.5. The van der Waals surface area contributed by atoms with E-state index in [4.69, 9.17) is 10.5 Å². The summed E-state index contributed by atoms with van der Waals surface area (Å²) in [4.78, 5) is 15.9. The predicted octanol–water partition coefficient (Wildman–Crippen LogP) is 0.932. The van der Waals surface area contributed by atoms with Crippen molar-refractivity contribution in [3.8, 4) is 0 Å². The third-order valence-corrected chi connectivity index (χ3v) is 3.33. The Kier molecular flexibility index (Phi) is 5.84. The number of amides is 1. The third kappa shape index (κ3) is 3.92. The van der Waals surface area contributed by atoms with Crippen LogP contribution in [-0.2, 0) is 11.3 Å². The van der Waals surface area contributed by atoms with E-state index in [1.165, 1.54) is 11.3 Å². The van der Waals surface area contributed by atoms with Crippen molar-refractivity contribution in [2.24, 2.45) is 5.73 Å². The fraction of sp³-hybridized carbons (Fsp3) is 0.600. The molecule has 1 amide bonds. The van der Waals surface area contributed by atoms with E-state index in [0.29, 0.717) is 18.8 Å². The number of hydrogen-bond acceptors (Lipinski definition) is 5. The Morgan fingerprint density at radius 1 is 1.71 bits per heavy atom. The first-order valence-corrected chi connectivity index (χ1v) is 6.20. The zero-order valence-electron chi connectivity index (χ0n) is 9.35. The molecule has 0 saturated carbocycles. The van der Waals surface area contributed by atoms with Crippen LogP contribution in [0.5, 0.6) is 0 Å². The molecular weight excluding hydrogens is 262 g/mol. The maximum Gasteiger partial charge on any atom is 0.271 e. The van der Waals surface area contributed by atoms with Crippen LogP contribution in [0.1, 0.15) is 28.3 Å². The highest BCUT2D eigenvalue weighted by Crippen LogP contribution is 2.10. The van der Waals surface area contributed by atoms with Gasteiger partial charge in [0, 0.05) is 18.5 Å². The molecule has 1 aliphatic heterocycles. The summed E-state index contributed by atoms with van der Waals surface area (Å²) < 4.78 is 5.29. The number of aromatic nitrogens is 1. The number of nitrogens with zero attached hydrogens (tertiary/aromatic N) is 1. The Labute approximate surface area is 110 Å². The molecule has 1 atom stereocenters. The molecule has 7 heteroatoms. The standard InChI is InChI=1S/C10H15N3O2S.ClH/c11-4-9-13-8(6-16-9)10(14)12-7-2-1-3-15-5-7;/h6-7H,1-5,11H2,(H,12,14);1H. The molecule has 1 unspecified atom stereocenters. The molecular formula is C10H16ClN3O2S. The number of carbonyl (C=O) groups excluding carboxylic acids is 1. The van der Waals surface area contributed by atoms with Gasteiger partial charge in [-0.25, -0.2) is 4.98 Å². The van der Waals surface area contributed by atoms with Gasteiger partial charge in [-0.2, -0.15) is 0 Å². The summed E-state index contributed by atoms with van der Waals surface area (Å²) in [6.07, 6.45) is 1.97. The lowest BCUT2D eigenvalue weighted by molar-refractivity contribution is 0.0622. The lowest BCUT2D eigenvalue weighted by atomic mass is 10.1. The van der Waals surface area contributed by atoms with Gasteiger partial charge in [0.25, 0.3) is 5.91 Å². The van der Waals surface area contributed by atoms with Crippen LogP contribution in [0.25, 0.3) is 0 Å². The van der Waals surface area contributed by atoms with E-state index in [1.807, 2.05) is 0 Å². The Balaban J connectivity index is 0.00000144. The molecule has 1 saturated heterocycles. The van der Waals surface area contributed by atoms with Gasteiger partial charge in [0.15, 0.2) is 0 Å². The summed E-state index contributed by atoms with van der Waals surface area (Å²) in [5, 5.41) is 5.43. The zero-order chi connectivity index (χ0) is 11.4. The highest BCUT2D eigenvalue weighted by Gasteiger charge is 2.18. The van der Waals surface area contributed by atoms with Crippen LogP contribution in [0, 0.1) is 0 Å². The first-order valence-electron chi connectivity index (χ1n) is 5.32. The van der Waals surface area contributed by atoms with E-state index in [9.17, 15) is 4.79 Å². The normalized spacial score (nSPS) is 19.5. The topological polar surface area (TPSA) is 77.2 Å². The second-order valence-corrected chi connectivity index (χ2v) is 4.66. The van der Waals surface area contributed by atoms with Crippen molar-refractivity contribution in [1.82, 2.24) is 10.3 Å². The quantitative estimate of drug-likeness (QED) is 0.862. The van der Waals surface area contributed by atoms with Gasteiger partial charge in [-0.1, -0.05) is 0 Å². The summed E-state index contributed by atoms with van der Waals surface area (Å²) in [6.45, 7) is 1.77. The molecule has 0 aliphatic carbocycles. The number of halogens is 1. The Morgan fingerprint density at radius 2 is 2.53 bits per heavy atom. The number of carbonyl (C=O) groups is 1. The van der Waals surface area contributed by atoms with E-state index in [0.717, 1.165) is 24.5 Å². The molecule has 1 aromatic heterocycles. The van der Waals surface area contributed by atoms with E-state index >= 15 is 0 Å². The Bertz CT molecular complexity index is 366. The summed E-state index contributed by atoms with van der Waals surface area (Å²) in [6, 6.07) is 0.115. The van der Waals surface area contributed by atoms with Crippen LogP contribution in [0.3, 0.4) is 0 Å². The van der Waals surface area contributed by atoms with Crippen molar-refractivity contribution in [3.05, 3.63) is 16.1 Å². The van der Waals surface area contributed by atoms with Gasteiger partial charge >= 0.3 is 0 Å². The van der Waals surface area contributed by atoms with Gasteiger partial charge in [-0.15, -0.1) is 23.7 Å². The molecule has 2 heterocycles. The summed E-state index contributed by atoms with van der Waals surface area (Å²) in [7, 11) is 0. The molecule has 0 aromatic carbocycles. The Morgan fingerprint density at radius 3 is 3.12 bits per heavy atom. The second kappa shape index (κ2) is 6.90. The fourth-order valence-electron chi connectivity index (χ4n) is 1.62. The first-order chi connectivity index (χ1) is 7.79. The minimum absolute atomic E-state index is 0. The maximum absolute atomic E-state index is 11.8. The number of rotatable bonds is 3. The van der Waals surface area contributed by atoms with Crippen LogP contribution < -0.4 is 11.1 Å². The van der Waals surface area contributed by atoms with Gasteiger partial charge in [-0.3, -0.25) is 4.79 Å². The van der Waals surface area contributed by atoms with Crippen molar-refractivity contribution < 1.29 is 9.53 Å². The van der Waals surface area contributed by atoms with Crippen molar-refractivity contribution in [3.63, 3.8) is 0 Å². The van der Waals surface area contributed by atoms with Crippen molar-refractivity contribution in [1.29, 1.82) is 0 Å².